The van der Waals surface area contributed by atoms with E-state index in [1.54, 1.807) is 0 Å². The maximum Gasteiger partial charge on any atom is 0.327 e. The lowest BCUT2D eigenvalue weighted by molar-refractivity contribution is -0.141. The number of aliphatic carboxylic acids is 1. The predicted molar refractivity (Wildman–Crippen MR) is 73.6 cm³/mol. The van der Waals surface area contributed by atoms with Crippen LogP contribution in [0.25, 0.3) is 0 Å². The molecular weight excluding hydrogens is 302 g/mol. The molecule has 1 aromatic heterocycles. The minimum Gasteiger partial charge on any atom is -0.480 e. The monoisotopic (exact) mass is 313 g/mol. The number of rotatable bonds is 3. The third-order valence-corrected chi connectivity index (χ3v) is 5.09. The molecule has 1 aliphatic carbocycles. The molecule has 0 aromatic carbocycles. The van der Waals surface area contributed by atoms with Gasteiger partial charge < -0.3 is 10.0 Å². The lowest BCUT2D eigenvalue weighted by Gasteiger charge is -2.26. The van der Waals surface area contributed by atoms with Crippen LogP contribution in [0, 0.1) is 5.92 Å². The normalized spacial score (nSPS) is 25.8. The van der Waals surface area contributed by atoms with E-state index >= 15 is 0 Å². The number of nitrogens with zero attached hydrogens (tertiary/aromatic N) is 3. The first kappa shape index (κ1) is 13.6. The van der Waals surface area contributed by atoms with E-state index < -0.39 is 12.0 Å². The number of aromatic nitrogens is 2. The van der Waals surface area contributed by atoms with Crippen molar-refractivity contribution in [3.8, 4) is 0 Å². The fourth-order valence-corrected chi connectivity index (χ4v) is 4.01. The van der Waals surface area contributed by atoms with Gasteiger partial charge in [0, 0.05) is 5.75 Å². The van der Waals surface area contributed by atoms with Gasteiger partial charge >= 0.3 is 5.97 Å². The van der Waals surface area contributed by atoms with Crippen LogP contribution in [0.5, 0.6) is 0 Å². The highest BCUT2D eigenvalue weighted by Crippen LogP contribution is 2.45. The Morgan fingerprint density at radius 2 is 2.10 bits per heavy atom. The molecule has 1 amide bonds. The van der Waals surface area contributed by atoms with Crippen LogP contribution < -0.4 is 0 Å². The van der Waals surface area contributed by atoms with Crippen molar-refractivity contribution in [2.45, 2.75) is 24.3 Å². The molecule has 20 heavy (non-hydrogen) atoms. The van der Waals surface area contributed by atoms with E-state index in [0.717, 1.165) is 12.8 Å². The van der Waals surface area contributed by atoms with E-state index in [4.69, 9.17) is 11.6 Å². The number of carboxylic acids is 1. The third-order valence-electron chi connectivity index (χ3n) is 3.43. The number of hydrogen-bond donors (Lipinski definition) is 1. The van der Waals surface area contributed by atoms with Crippen molar-refractivity contribution in [3.05, 3.63) is 23.0 Å². The highest BCUT2D eigenvalue weighted by atomic mass is 35.5. The molecule has 1 saturated carbocycles. The van der Waals surface area contributed by atoms with Gasteiger partial charge in [-0.25, -0.2) is 4.79 Å². The summed E-state index contributed by atoms with van der Waals surface area (Å²) in [4.78, 5) is 25.3. The van der Waals surface area contributed by atoms with Crippen molar-refractivity contribution >= 4 is 35.2 Å². The van der Waals surface area contributed by atoms with Gasteiger partial charge in [-0.1, -0.05) is 11.6 Å². The zero-order valence-electron chi connectivity index (χ0n) is 10.4. The summed E-state index contributed by atoms with van der Waals surface area (Å²) in [6.07, 6.45) is 2.08. The SMILES string of the molecule is O=C(O)C1CSC(C2CC2)N1C(=O)c1ccc(Cl)nn1. The molecule has 1 N–H and O–H groups in total. The second-order valence-electron chi connectivity index (χ2n) is 4.87. The maximum absolute atomic E-state index is 12.5. The van der Waals surface area contributed by atoms with Crippen LogP contribution in [0.15, 0.2) is 12.1 Å². The zero-order valence-corrected chi connectivity index (χ0v) is 12.0. The van der Waals surface area contributed by atoms with Crippen LogP contribution in [0.2, 0.25) is 5.15 Å². The number of thioether (sulfide) groups is 1. The van der Waals surface area contributed by atoms with Crippen molar-refractivity contribution in [3.63, 3.8) is 0 Å². The Bertz CT molecular complexity index is 549. The summed E-state index contributed by atoms with van der Waals surface area (Å²) >= 11 is 7.18. The molecule has 1 aromatic rings. The van der Waals surface area contributed by atoms with Crippen LogP contribution in [0.1, 0.15) is 23.3 Å². The summed E-state index contributed by atoms with van der Waals surface area (Å²) < 4.78 is 0. The lowest BCUT2D eigenvalue weighted by Crippen LogP contribution is -2.46. The van der Waals surface area contributed by atoms with Gasteiger partial charge in [0.2, 0.25) is 0 Å². The number of carbonyl (C=O) groups excluding carboxylic acids is 1. The Labute approximate surface area is 124 Å². The molecular formula is C12H12ClN3O3S. The fourth-order valence-electron chi connectivity index (χ4n) is 2.28. The minimum atomic E-state index is -0.976. The number of carbonyl (C=O) groups is 2. The van der Waals surface area contributed by atoms with E-state index in [1.807, 2.05) is 0 Å². The third kappa shape index (κ3) is 2.47. The van der Waals surface area contributed by atoms with Gasteiger partial charge in [-0.2, -0.15) is 0 Å². The number of halogens is 1. The van der Waals surface area contributed by atoms with Gasteiger partial charge in [-0.15, -0.1) is 22.0 Å². The molecule has 1 saturated heterocycles. The first-order valence-electron chi connectivity index (χ1n) is 6.24. The molecule has 0 spiro atoms. The Kier molecular flexibility index (Phi) is 3.55. The first-order chi connectivity index (χ1) is 9.58. The summed E-state index contributed by atoms with van der Waals surface area (Å²) in [7, 11) is 0. The summed E-state index contributed by atoms with van der Waals surface area (Å²) in [6, 6.07) is 2.16. The van der Waals surface area contributed by atoms with Crippen molar-refractivity contribution in [1.29, 1.82) is 0 Å². The van der Waals surface area contributed by atoms with E-state index in [-0.39, 0.29) is 22.1 Å². The molecule has 2 atom stereocenters. The first-order valence-corrected chi connectivity index (χ1v) is 7.67. The van der Waals surface area contributed by atoms with Crippen LogP contribution in [-0.4, -0.2) is 49.2 Å². The lowest BCUT2D eigenvalue weighted by atomic mass is 10.2. The average Bonchev–Trinajstić information content (AvgIpc) is 3.17. The topological polar surface area (TPSA) is 83.4 Å². The highest BCUT2D eigenvalue weighted by Gasteiger charge is 2.48. The van der Waals surface area contributed by atoms with Gasteiger partial charge in [0.1, 0.15) is 6.04 Å². The number of hydrogen-bond acceptors (Lipinski definition) is 5. The Balaban J connectivity index is 1.88. The molecule has 2 heterocycles. The van der Waals surface area contributed by atoms with Crippen LogP contribution in [-0.2, 0) is 4.79 Å². The Hall–Kier alpha value is -1.34. The van der Waals surface area contributed by atoms with Gasteiger partial charge in [0.15, 0.2) is 10.8 Å². The fraction of sp³-hybridized carbons (Fsp3) is 0.500. The van der Waals surface area contributed by atoms with E-state index in [2.05, 4.69) is 10.2 Å². The molecule has 0 bridgehead atoms. The van der Waals surface area contributed by atoms with Gasteiger partial charge in [0.25, 0.3) is 5.91 Å². The molecule has 8 heteroatoms. The second kappa shape index (κ2) is 5.21. The summed E-state index contributed by atoms with van der Waals surface area (Å²) in [5.74, 6) is -0.545. The molecule has 3 rings (SSSR count). The number of carboxylic acid groups (broad SMARTS) is 1. The van der Waals surface area contributed by atoms with Gasteiger partial charge in [-0.05, 0) is 30.9 Å². The summed E-state index contributed by atoms with van der Waals surface area (Å²) in [6.45, 7) is 0. The minimum absolute atomic E-state index is 0.0684. The van der Waals surface area contributed by atoms with Crippen molar-refractivity contribution in [2.75, 3.05) is 5.75 Å². The van der Waals surface area contributed by atoms with Crippen molar-refractivity contribution in [2.24, 2.45) is 5.92 Å². The Morgan fingerprint density at radius 3 is 2.65 bits per heavy atom. The van der Waals surface area contributed by atoms with E-state index in [0.29, 0.717) is 11.7 Å². The van der Waals surface area contributed by atoms with Crippen LogP contribution >= 0.6 is 23.4 Å². The van der Waals surface area contributed by atoms with Crippen molar-refractivity contribution in [1.82, 2.24) is 15.1 Å². The average molecular weight is 314 g/mol. The predicted octanol–water partition coefficient (Wildman–Crippen LogP) is 1.51. The summed E-state index contributed by atoms with van der Waals surface area (Å²) in [5, 5.41) is 16.8. The zero-order chi connectivity index (χ0) is 14.3. The standard InChI is InChI=1S/C12H12ClN3O3S/c13-9-4-3-7(14-15-9)10(17)16-8(12(18)19)5-20-11(16)6-1-2-6/h3-4,6,8,11H,1-2,5H2,(H,18,19). The molecule has 1 aliphatic heterocycles. The largest absolute Gasteiger partial charge is 0.480 e. The number of amides is 1. The van der Waals surface area contributed by atoms with Crippen LogP contribution in [0.3, 0.4) is 0 Å². The molecule has 2 fully saturated rings. The van der Waals surface area contributed by atoms with Crippen LogP contribution in [0.4, 0.5) is 0 Å². The molecule has 2 aliphatic rings. The van der Waals surface area contributed by atoms with Crippen molar-refractivity contribution < 1.29 is 14.7 Å². The van der Waals surface area contributed by atoms with E-state index in [1.165, 1.54) is 28.8 Å². The maximum atomic E-state index is 12.5. The molecule has 106 valence electrons. The molecule has 0 radical (unpaired) electrons. The smallest absolute Gasteiger partial charge is 0.327 e. The van der Waals surface area contributed by atoms with E-state index in [9.17, 15) is 14.7 Å². The van der Waals surface area contributed by atoms with Gasteiger partial charge in [-0.3, -0.25) is 4.79 Å². The quantitative estimate of drug-likeness (QED) is 0.910. The van der Waals surface area contributed by atoms with Gasteiger partial charge in [0.05, 0.1) is 5.37 Å². The second-order valence-corrected chi connectivity index (χ2v) is 6.41. The highest BCUT2D eigenvalue weighted by molar-refractivity contribution is 8.00. The summed E-state index contributed by atoms with van der Waals surface area (Å²) in [5.41, 5.74) is 0.133. The Morgan fingerprint density at radius 1 is 1.35 bits per heavy atom. The molecule has 6 nitrogen and oxygen atoms in total. The molecule has 2 unspecified atom stereocenters.